The van der Waals surface area contributed by atoms with Crippen molar-refractivity contribution >= 4 is 0 Å². The van der Waals surface area contributed by atoms with E-state index < -0.39 is 5.41 Å². The molecule has 348 valence electrons. The second kappa shape index (κ2) is 19.3. The fourth-order valence-electron chi connectivity index (χ4n) is 11.8. The maximum Gasteiger partial charge on any atom is 0.0713 e. The van der Waals surface area contributed by atoms with Gasteiger partial charge in [-0.1, -0.05) is 285 Å². The molecule has 0 aliphatic heterocycles. The van der Waals surface area contributed by atoms with Gasteiger partial charge < -0.3 is 0 Å². The van der Waals surface area contributed by atoms with Gasteiger partial charge >= 0.3 is 0 Å². The van der Waals surface area contributed by atoms with Gasteiger partial charge in [0.05, 0.1) is 5.41 Å². The van der Waals surface area contributed by atoms with Crippen molar-refractivity contribution in [1.82, 2.24) is 0 Å². The highest BCUT2D eigenvalue weighted by Crippen LogP contribution is 2.59. The molecule has 1 aliphatic rings. The van der Waals surface area contributed by atoms with Crippen LogP contribution in [0.15, 0.2) is 309 Å². The molecule has 1 aliphatic carbocycles. The Kier molecular flexibility index (Phi) is 11.6. The van der Waals surface area contributed by atoms with Crippen LogP contribution in [0.4, 0.5) is 0 Å². The summed E-state index contributed by atoms with van der Waals surface area (Å²) in [5.74, 6) is -0.0496. The van der Waals surface area contributed by atoms with Crippen molar-refractivity contribution in [1.29, 1.82) is 0 Å². The van der Waals surface area contributed by atoms with Crippen molar-refractivity contribution in [2.24, 2.45) is 0 Å². The van der Waals surface area contributed by atoms with Crippen LogP contribution in [-0.2, 0) is 5.41 Å². The third-order valence-electron chi connectivity index (χ3n) is 15.3. The van der Waals surface area contributed by atoms with Crippen LogP contribution in [0.25, 0.3) is 77.9 Å². The van der Waals surface area contributed by atoms with Crippen molar-refractivity contribution < 1.29 is 0 Å². The van der Waals surface area contributed by atoms with Crippen molar-refractivity contribution in [3.05, 3.63) is 348 Å². The van der Waals surface area contributed by atoms with E-state index in [4.69, 9.17) is 0 Å². The van der Waals surface area contributed by atoms with E-state index in [0.29, 0.717) is 0 Å². The molecule has 0 aromatic heterocycles. The van der Waals surface area contributed by atoms with Gasteiger partial charge in [-0.3, -0.25) is 0 Å². The number of hydrogen-bond donors (Lipinski definition) is 0. The second-order valence-electron chi connectivity index (χ2n) is 19.5. The Morgan fingerprint density at radius 2 is 0.554 bits per heavy atom. The summed E-state index contributed by atoms with van der Waals surface area (Å²) in [6.07, 6.45) is 0. The van der Waals surface area contributed by atoms with E-state index in [-0.39, 0.29) is 5.92 Å². The molecule has 74 heavy (non-hydrogen) atoms. The van der Waals surface area contributed by atoms with Gasteiger partial charge in [0.15, 0.2) is 0 Å². The number of benzene rings is 12. The molecule has 1 atom stereocenters. The molecule has 12 aromatic rings. The van der Waals surface area contributed by atoms with Crippen LogP contribution in [0.2, 0.25) is 0 Å². The highest BCUT2D eigenvalue weighted by atomic mass is 14.5. The lowest BCUT2D eigenvalue weighted by Gasteiger charge is -2.34. The van der Waals surface area contributed by atoms with Gasteiger partial charge in [0, 0.05) is 5.92 Å². The summed E-state index contributed by atoms with van der Waals surface area (Å²) in [6.45, 7) is 0. The van der Waals surface area contributed by atoms with Crippen LogP contribution in [-0.4, -0.2) is 0 Å². The second-order valence-corrected chi connectivity index (χ2v) is 19.5. The average Bonchev–Trinajstić information content (AvgIpc) is 3.81. The zero-order valence-electron chi connectivity index (χ0n) is 41.0. The lowest BCUT2D eigenvalue weighted by atomic mass is 9.67. The zero-order chi connectivity index (χ0) is 49.3. The third-order valence-corrected chi connectivity index (χ3v) is 15.3. The van der Waals surface area contributed by atoms with E-state index in [0.717, 1.165) is 0 Å². The molecule has 0 heterocycles. The van der Waals surface area contributed by atoms with Crippen LogP contribution < -0.4 is 0 Å². The van der Waals surface area contributed by atoms with E-state index >= 15 is 0 Å². The molecule has 0 nitrogen and oxygen atoms in total. The fraction of sp³-hybridized carbons (Fsp3) is 0.0270. The Bertz CT molecular complexity index is 3800. The van der Waals surface area contributed by atoms with Gasteiger partial charge in [-0.2, -0.15) is 0 Å². The summed E-state index contributed by atoms with van der Waals surface area (Å²) in [7, 11) is 0. The molecular weight excluding hydrogens is 889 g/mol. The van der Waals surface area contributed by atoms with Gasteiger partial charge in [-0.15, -0.1) is 0 Å². The molecule has 13 rings (SSSR count). The Hall–Kier alpha value is -9.36. The highest BCUT2D eigenvalue weighted by molar-refractivity contribution is 5.90. The summed E-state index contributed by atoms with van der Waals surface area (Å²) in [6, 6.07) is 114. The summed E-state index contributed by atoms with van der Waals surface area (Å²) in [5, 5.41) is 0. The molecule has 0 saturated carbocycles. The van der Waals surface area contributed by atoms with E-state index in [2.05, 4.69) is 309 Å². The number of rotatable bonds is 11. The smallest absolute Gasteiger partial charge is 0.0622 e. The molecule has 1 unspecified atom stereocenters. The lowest BCUT2D eigenvalue weighted by Crippen LogP contribution is -2.28. The molecule has 0 bridgehead atoms. The van der Waals surface area contributed by atoms with Gasteiger partial charge in [-0.25, -0.2) is 0 Å². The summed E-state index contributed by atoms with van der Waals surface area (Å²) in [5.41, 5.74) is 25.2. The number of hydrogen-bond acceptors (Lipinski definition) is 0. The maximum atomic E-state index is 2.47. The van der Waals surface area contributed by atoms with Crippen LogP contribution >= 0.6 is 0 Å². The SMILES string of the molecule is c1ccc(-c2ccc(-c3cc(-c4ccccc4)cc(-c4cccc(C5(c6ccccc6)c6ccccc6-c6c(C(c7ccc(-c8ccccc8)cc7)c7ccc(-c8ccccc8)cc7)cccc65)c4)c3)cc2)cc1. The normalized spacial score (nSPS) is 13.6. The van der Waals surface area contributed by atoms with E-state index in [1.165, 1.54) is 117 Å². The monoisotopic (exact) mass is 940 g/mol. The van der Waals surface area contributed by atoms with Crippen molar-refractivity contribution in [2.75, 3.05) is 0 Å². The first kappa shape index (κ1) is 44.6. The van der Waals surface area contributed by atoms with Crippen molar-refractivity contribution in [2.45, 2.75) is 11.3 Å². The molecular formula is C74H52. The fourth-order valence-corrected chi connectivity index (χ4v) is 11.8. The van der Waals surface area contributed by atoms with Gasteiger partial charge in [0.2, 0.25) is 0 Å². The largest absolute Gasteiger partial charge is 0.0713 e. The van der Waals surface area contributed by atoms with Crippen LogP contribution in [0.1, 0.15) is 44.9 Å². The van der Waals surface area contributed by atoms with E-state index in [1.807, 2.05) is 0 Å². The minimum Gasteiger partial charge on any atom is -0.0622 e. The average molecular weight is 941 g/mol. The van der Waals surface area contributed by atoms with Crippen LogP contribution in [0.5, 0.6) is 0 Å². The zero-order valence-corrected chi connectivity index (χ0v) is 41.0. The predicted octanol–water partition coefficient (Wildman–Crippen LogP) is 19.2. The van der Waals surface area contributed by atoms with E-state index in [9.17, 15) is 0 Å². The topological polar surface area (TPSA) is 0 Å². The quantitative estimate of drug-likeness (QED) is 0.113. The maximum absolute atomic E-state index is 2.47. The lowest BCUT2D eigenvalue weighted by molar-refractivity contribution is 0.767. The Balaban J connectivity index is 0.996. The van der Waals surface area contributed by atoms with Gasteiger partial charge in [0.1, 0.15) is 0 Å². The van der Waals surface area contributed by atoms with Crippen molar-refractivity contribution in [3.8, 4) is 77.9 Å². The Labute approximate surface area is 435 Å². The molecule has 0 amide bonds. The van der Waals surface area contributed by atoms with E-state index in [1.54, 1.807) is 0 Å². The molecule has 0 spiro atoms. The molecule has 12 aromatic carbocycles. The summed E-state index contributed by atoms with van der Waals surface area (Å²) < 4.78 is 0. The molecule has 0 heteroatoms. The Morgan fingerprint density at radius 1 is 0.216 bits per heavy atom. The summed E-state index contributed by atoms with van der Waals surface area (Å²) in [4.78, 5) is 0. The first-order chi connectivity index (χ1) is 36.7. The minimum atomic E-state index is -0.620. The predicted molar refractivity (Wildman–Crippen MR) is 310 cm³/mol. The number of fused-ring (bicyclic) bond motifs is 3. The standard InChI is InChI=1S/C74H52/c1-6-20-52(21-7-1)56-36-38-59(39-37-56)64-48-63(55-26-12-4-13-27-55)49-65(50-64)62-28-18-31-67(51-62)74(66-29-14-5-15-30-66)70-34-17-16-32-68(70)73-69(33-19-35-71(73)74)72(60-44-40-57(41-45-60)53-22-8-2-9-23-53)61-46-42-58(43-47-61)54-24-10-3-11-25-54/h1-51,72H. The Morgan fingerprint density at radius 3 is 1.05 bits per heavy atom. The van der Waals surface area contributed by atoms with Crippen molar-refractivity contribution in [3.63, 3.8) is 0 Å². The van der Waals surface area contributed by atoms with Gasteiger partial charge in [0.25, 0.3) is 0 Å². The van der Waals surface area contributed by atoms with Crippen LogP contribution in [0, 0.1) is 0 Å². The minimum absolute atomic E-state index is 0.0496. The summed E-state index contributed by atoms with van der Waals surface area (Å²) >= 11 is 0. The third kappa shape index (κ3) is 8.08. The highest BCUT2D eigenvalue weighted by Gasteiger charge is 2.47. The molecule has 0 saturated heterocycles. The molecule has 0 radical (unpaired) electrons. The van der Waals surface area contributed by atoms with Crippen LogP contribution in [0.3, 0.4) is 0 Å². The first-order valence-corrected chi connectivity index (χ1v) is 25.8. The first-order valence-electron chi connectivity index (χ1n) is 25.8. The molecule has 0 fully saturated rings. The molecule has 0 N–H and O–H groups in total. The van der Waals surface area contributed by atoms with Gasteiger partial charge in [-0.05, 0) is 141 Å².